The van der Waals surface area contributed by atoms with Gasteiger partial charge in [0.1, 0.15) is 0 Å². The molecule has 2 aliphatic heterocycles. The highest BCUT2D eigenvalue weighted by molar-refractivity contribution is 5.60. The molecule has 1 aromatic heterocycles. The van der Waals surface area contributed by atoms with E-state index in [1.54, 1.807) is 0 Å². The highest BCUT2D eigenvalue weighted by Crippen LogP contribution is 2.29. The maximum Gasteiger partial charge on any atom is 0.0763 e. The smallest absolute Gasteiger partial charge is 0.0763 e. The van der Waals surface area contributed by atoms with Gasteiger partial charge in [0, 0.05) is 18.4 Å². The number of nitrogens with zero attached hydrogens (tertiary/aromatic N) is 2. The van der Waals surface area contributed by atoms with Crippen molar-refractivity contribution in [3.63, 3.8) is 0 Å². The van der Waals surface area contributed by atoms with Gasteiger partial charge in [-0.2, -0.15) is 0 Å². The zero-order chi connectivity index (χ0) is 10.8. The molecule has 0 saturated carbocycles. The summed E-state index contributed by atoms with van der Waals surface area (Å²) in [5, 5.41) is 3.51. The van der Waals surface area contributed by atoms with Crippen molar-refractivity contribution in [2.75, 3.05) is 6.54 Å². The fourth-order valence-electron chi connectivity index (χ4n) is 2.58. The molecule has 2 atom stereocenters. The molecule has 2 aliphatic rings. The average molecular weight is 215 g/mol. The Morgan fingerprint density at radius 3 is 2.88 bits per heavy atom. The zero-order valence-corrected chi connectivity index (χ0v) is 9.39. The molecule has 0 amide bonds. The summed E-state index contributed by atoms with van der Waals surface area (Å²) in [7, 11) is 0. The minimum atomic E-state index is 0.355. The number of aliphatic imine (C=N–C) groups is 1. The molecule has 1 saturated heterocycles. The van der Waals surface area contributed by atoms with Crippen LogP contribution in [0.4, 0.5) is 0 Å². The van der Waals surface area contributed by atoms with Crippen molar-refractivity contribution in [2.24, 2.45) is 4.99 Å². The Labute approximate surface area is 96.0 Å². The molecule has 0 spiro atoms. The molecule has 1 fully saturated rings. The molecule has 3 heteroatoms. The third kappa shape index (κ3) is 1.87. The van der Waals surface area contributed by atoms with Crippen molar-refractivity contribution in [2.45, 2.75) is 37.8 Å². The Balaban J connectivity index is 1.84. The first-order valence-corrected chi connectivity index (χ1v) is 6.13. The molecule has 2 unspecified atom stereocenters. The van der Waals surface area contributed by atoms with Gasteiger partial charge in [-0.15, -0.1) is 0 Å². The Kier molecular flexibility index (Phi) is 2.70. The predicted octanol–water partition coefficient (Wildman–Crippen LogP) is 2.41. The fourth-order valence-corrected chi connectivity index (χ4v) is 2.58. The number of nitrogens with one attached hydrogen (secondary N) is 1. The molecule has 3 rings (SSSR count). The Hall–Kier alpha value is -1.22. The van der Waals surface area contributed by atoms with Crippen molar-refractivity contribution >= 4 is 6.21 Å². The number of hydrogen-bond donors (Lipinski definition) is 1. The number of rotatable bonds is 2. The van der Waals surface area contributed by atoms with Crippen LogP contribution < -0.4 is 5.32 Å². The van der Waals surface area contributed by atoms with Crippen LogP contribution in [-0.4, -0.2) is 17.7 Å². The van der Waals surface area contributed by atoms with E-state index in [0.29, 0.717) is 12.1 Å². The van der Waals surface area contributed by atoms with E-state index in [1.165, 1.54) is 24.0 Å². The van der Waals surface area contributed by atoms with Gasteiger partial charge in [0.15, 0.2) is 0 Å². The summed E-state index contributed by atoms with van der Waals surface area (Å²) < 4.78 is 0. The summed E-state index contributed by atoms with van der Waals surface area (Å²) in [6, 6.07) is 3.15. The molecule has 0 bridgehead atoms. The van der Waals surface area contributed by atoms with Crippen LogP contribution in [0.2, 0.25) is 0 Å². The van der Waals surface area contributed by atoms with Crippen molar-refractivity contribution in [3.05, 3.63) is 29.6 Å². The van der Waals surface area contributed by atoms with Crippen molar-refractivity contribution < 1.29 is 0 Å². The van der Waals surface area contributed by atoms with Gasteiger partial charge in [0.2, 0.25) is 0 Å². The van der Waals surface area contributed by atoms with Gasteiger partial charge in [0.25, 0.3) is 0 Å². The highest BCUT2D eigenvalue weighted by atomic mass is 14.9. The van der Waals surface area contributed by atoms with Crippen molar-refractivity contribution in [1.29, 1.82) is 0 Å². The van der Waals surface area contributed by atoms with Gasteiger partial charge in [0.05, 0.1) is 6.04 Å². The van der Waals surface area contributed by atoms with E-state index >= 15 is 0 Å². The van der Waals surface area contributed by atoms with Crippen LogP contribution >= 0.6 is 0 Å². The van der Waals surface area contributed by atoms with Crippen LogP contribution in [0.15, 0.2) is 23.5 Å². The molecule has 3 heterocycles. The van der Waals surface area contributed by atoms with Gasteiger partial charge in [-0.25, -0.2) is 0 Å². The molecule has 84 valence electrons. The van der Waals surface area contributed by atoms with Gasteiger partial charge in [-0.3, -0.25) is 9.98 Å². The van der Waals surface area contributed by atoms with Crippen LogP contribution in [-0.2, 0) is 0 Å². The van der Waals surface area contributed by atoms with Gasteiger partial charge < -0.3 is 5.32 Å². The fraction of sp³-hybridized carbons (Fsp3) is 0.538. The van der Waals surface area contributed by atoms with E-state index in [0.717, 1.165) is 19.4 Å². The van der Waals surface area contributed by atoms with Gasteiger partial charge in [-0.05, 0) is 55.6 Å². The minimum Gasteiger partial charge on any atom is -0.310 e. The van der Waals surface area contributed by atoms with Crippen LogP contribution in [0.3, 0.4) is 0 Å². The Morgan fingerprint density at radius 2 is 2.12 bits per heavy atom. The first-order chi connectivity index (χ1) is 7.93. The lowest BCUT2D eigenvalue weighted by molar-refractivity contribution is 0.639. The van der Waals surface area contributed by atoms with Crippen molar-refractivity contribution in [1.82, 2.24) is 10.3 Å². The summed E-state index contributed by atoms with van der Waals surface area (Å²) in [5.41, 5.74) is 2.61. The molecule has 3 nitrogen and oxygen atoms in total. The first kappa shape index (κ1) is 9.97. The van der Waals surface area contributed by atoms with Crippen molar-refractivity contribution in [3.8, 4) is 0 Å². The van der Waals surface area contributed by atoms with E-state index in [2.05, 4.69) is 21.4 Å². The molecular weight excluding hydrogens is 198 g/mol. The average Bonchev–Trinajstić information content (AvgIpc) is 3.03. The van der Waals surface area contributed by atoms with Crippen LogP contribution in [0.1, 0.15) is 48.9 Å². The monoisotopic (exact) mass is 215 g/mol. The molecule has 0 radical (unpaired) electrons. The second-order valence-electron chi connectivity index (χ2n) is 4.63. The molecule has 0 aromatic carbocycles. The largest absolute Gasteiger partial charge is 0.310 e. The quantitative estimate of drug-likeness (QED) is 0.822. The summed E-state index contributed by atoms with van der Waals surface area (Å²) in [4.78, 5) is 8.85. The molecule has 16 heavy (non-hydrogen) atoms. The van der Waals surface area contributed by atoms with Gasteiger partial charge >= 0.3 is 0 Å². The van der Waals surface area contributed by atoms with Crippen LogP contribution in [0.25, 0.3) is 0 Å². The lowest BCUT2D eigenvalue weighted by Gasteiger charge is -2.13. The lowest BCUT2D eigenvalue weighted by atomic mass is 10.0. The second-order valence-corrected chi connectivity index (χ2v) is 4.63. The lowest BCUT2D eigenvalue weighted by Crippen LogP contribution is -2.13. The number of pyridine rings is 1. The molecule has 1 aromatic rings. The first-order valence-electron chi connectivity index (χ1n) is 6.13. The summed E-state index contributed by atoms with van der Waals surface area (Å²) >= 11 is 0. The maximum atomic E-state index is 4.49. The summed E-state index contributed by atoms with van der Waals surface area (Å²) in [5.74, 6) is 0. The number of hydrogen-bond acceptors (Lipinski definition) is 3. The van der Waals surface area contributed by atoms with Crippen LogP contribution in [0, 0.1) is 0 Å². The molecule has 0 aliphatic carbocycles. The minimum absolute atomic E-state index is 0.355. The summed E-state index contributed by atoms with van der Waals surface area (Å²) in [6.45, 7) is 1.14. The standard InChI is InChI=1S/C13H17N3/c1-3-12(15-5-1)10-7-11(9-14-8-10)13-4-2-6-16-13/h5,7-9,12-13,16H,1-4,6H2. The zero-order valence-electron chi connectivity index (χ0n) is 9.39. The van der Waals surface area contributed by atoms with Gasteiger partial charge in [-0.1, -0.05) is 0 Å². The van der Waals surface area contributed by atoms with Crippen LogP contribution in [0.5, 0.6) is 0 Å². The predicted molar refractivity (Wildman–Crippen MR) is 64.7 cm³/mol. The second kappa shape index (κ2) is 4.34. The Morgan fingerprint density at radius 1 is 1.19 bits per heavy atom. The number of aromatic nitrogens is 1. The van der Waals surface area contributed by atoms with E-state index in [-0.39, 0.29) is 0 Å². The third-order valence-electron chi connectivity index (χ3n) is 3.48. The topological polar surface area (TPSA) is 37.3 Å². The SMILES string of the molecule is C1=NC(c2cncc(C3CCCN3)c2)CC1. The third-order valence-corrected chi connectivity index (χ3v) is 3.48. The summed E-state index contributed by atoms with van der Waals surface area (Å²) in [6.07, 6.45) is 10.7. The molecular formula is C13H17N3. The highest BCUT2D eigenvalue weighted by Gasteiger charge is 2.19. The Bertz CT molecular complexity index is 394. The molecule has 1 N–H and O–H groups in total. The van der Waals surface area contributed by atoms with E-state index in [9.17, 15) is 0 Å². The van der Waals surface area contributed by atoms with E-state index < -0.39 is 0 Å². The normalized spacial score (nSPS) is 28.8. The van der Waals surface area contributed by atoms with E-state index in [4.69, 9.17) is 0 Å². The maximum absolute atomic E-state index is 4.49. The van der Waals surface area contributed by atoms with E-state index in [1.807, 2.05) is 18.6 Å².